The standard InChI is InChI=1S/C28H38N2O8S/c1-14(2)16(5)25(34)29-27(36)23(33)21(31)22(32)24(28(37)30-26(35)17(6)15(3)4)38-20-9-7-18(8-10-20)19-11-12-39-13-19/h7-17,21-24,31-33H,1-6H3,(H,29,34,36)(H,30,35,37)/t16-,17-,21+,22+,23+,24+/m0/s1. The van der Waals surface area contributed by atoms with Gasteiger partial charge >= 0.3 is 0 Å². The van der Waals surface area contributed by atoms with Crippen LogP contribution in [0, 0.1) is 23.7 Å². The predicted molar refractivity (Wildman–Crippen MR) is 146 cm³/mol. The van der Waals surface area contributed by atoms with Crippen LogP contribution in [0.3, 0.4) is 0 Å². The van der Waals surface area contributed by atoms with E-state index in [0.717, 1.165) is 11.1 Å². The van der Waals surface area contributed by atoms with E-state index in [-0.39, 0.29) is 17.6 Å². The van der Waals surface area contributed by atoms with Gasteiger partial charge in [-0.05, 0) is 51.9 Å². The van der Waals surface area contributed by atoms with Crippen LogP contribution in [0.15, 0.2) is 41.1 Å². The van der Waals surface area contributed by atoms with Gasteiger partial charge in [0.05, 0.1) is 0 Å². The van der Waals surface area contributed by atoms with Crippen molar-refractivity contribution in [2.45, 2.75) is 66.0 Å². The Hall–Kier alpha value is -3.12. The lowest BCUT2D eigenvalue weighted by atomic mass is 9.96. The molecule has 39 heavy (non-hydrogen) atoms. The Morgan fingerprint density at radius 2 is 1.21 bits per heavy atom. The Morgan fingerprint density at radius 3 is 1.67 bits per heavy atom. The van der Waals surface area contributed by atoms with Crippen molar-refractivity contribution in [3.63, 3.8) is 0 Å². The quantitative estimate of drug-likeness (QED) is 0.263. The van der Waals surface area contributed by atoms with Crippen LogP contribution in [0.5, 0.6) is 5.75 Å². The van der Waals surface area contributed by atoms with Crippen LogP contribution in [0.4, 0.5) is 0 Å². The molecule has 5 N–H and O–H groups in total. The second-order valence-electron chi connectivity index (χ2n) is 10.3. The summed E-state index contributed by atoms with van der Waals surface area (Å²) in [5.41, 5.74) is 1.85. The second kappa shape index (κ2) is 14.3. The van der Waals surface area contributed by atoms with E-state index in [1.807, 2.05) is 22.1 Å². The zero-order valence-electron chi connectivity index (χ0n) is 23.0. The number of rotatable bonds is 12. The van der Waals surface area contributed by atoms with E-state index < -0.39 is 59.9 Å². The second-order valence-corrected chi connectivity index (χ2v) is 11.1. The van der Waals surface area contributed by atoms with E-state index >= 15 is 0 Å². The van der Waals surface area contributed by atoms with Crippen molar-refractivity contribution in [3.05, 3.63) is 41.1 Å². The fourth-order valence-electron chi connectivity index (χ4n) is 3.32. The molecule has 6 atom stereocenters. The first-order valence-corrected chi connectivity index (χ1v) is 13.7. The highest BCUT2D eigenvalue weighted by Crippen LogP contribution is 2.25. The number of imide groups is 2. The maximum absolute atomic E-state index is 13.1. The zero-order valence-corrected chi connectivity index (χ0v) is 23.8. The first-order valence-electron chi connectivity index (χ1n) is 12.8. The van der Waals surface area contributed by atoms with Crippen LogP contribution in [-0.2, 0) is 19.2 Å². The Kier molecular flexibility index (Phi) is 11.8. The molecule has 4 amide bonds. The van der Waals surface area contributed by atoms with Crippen molar-refractivity contribution < 1.29 is 39.2 Å². The van der Waals surface area contributed by atoms with Crippen molar-refractivity contribution in [1.82, 2.24) is 10.6 Å². The summed E-state index contributed by atoms with van der Waals surface area (Å²) in [6, 6.07) is 8.47. The molecule has 0 saturated heterocycles. The van der Waals surface area contributed by atoms with Gasteiger partial charge < -0.3 is 20.1 Å². The zero-order chi connectivity index (χ0) is 29.4. The van der Waals surface area contributed by atoms with Gasteiger partial charge in [-0.15, -0.1) is 0 Å². The predicted octanol–water partition coefficient (Wildman–Crippen LogP) is 2.11. The molecule has 11 heteroatoms. The molecular weight excluding hydrogens is 524 g/mol. The fourth-order valence-corrected chi connectivity index (χ4v) is 3.99. The summed E-state index contributed by atoms with van der Waals surface area (Å²) in [6.45, 7) is 10.4. The highest BCUT2D eigenvalue weighted by molar-refractivity contribution is 7.08. The van der Waals surface area contributed by atoms with Crippen LogP contribution in [0.25, 0.3) is 11.1 Å². The van der Waals surface area contributed by atoms with Gasteiger partial charge in [-0.3, -0.25) is 29.8 Å². The number of thiophene rings is 1. The number of carbonyl (C=O) groups excluding carboxylic acids is 4. The number of benzene rings is 1. The third kappa shape index (κ3) is 8.69. The Bertz CT molecular complexity index is 1120. The van der Waals surface area contributed by atoms with Gasteiger partial charge in [0, 0.05) is 11.8 Å². The minimum atomic E-state index is -2.27. The molecule has 0 bridgehead atoms. The third-order valence-corrected chi connectivity index (χ3v) is 7.49. The molecule has 1 heterocycles. The number of amides is 4. The smallest absolute Gasteiger partial charge is 0.270 e. The van der Waals surface area contributed by atoms with Crippen molar-refractivity contribution >= 4 is 35.0 Å². The van der Waals surface area contributed by atoms with Crippen LogP contribution >= 0.6 is 11.3 Å². The van der Waals surface area contributed by atoms with Crippen molar-refractivity contribution in [2.24, 2.45) is 23.7 Å². The molecule has 2 aromatic rings. The third-order valence-electron chi connectivity index (χ3n) is 6.80. The molecule has 214 valence electrons. The molecule has 0 fully saturated rings. The fraction of sp³-hybridized carbons (Fsp3) is 0.500. The van der Waals surface area contributed by atoms with Crippen molar-refractivity contribution in [1.29, 1.82) is 0 Å². The number of hydrogen-bond acceptors (Lipinski definition) is 9. The molecule has 0 aliphatic heterocycles. The van der Waals surface area contributed by atoms with Gasteiger partial charge in [0.25, 0.3) is 11.8 Å². The van der Waals surface area contributed by atoms with E-state index in [0.29, 0.717) is 0 Å². The summed E-state index contributed by atoms with van der Waals surface area (Å²) in [5.74, 6) is -4.77. The summed E-state index contributed by atoms with van der Waals surface area (Å²) in [4.78, 5) is 50.2. The number of ether oxygens (including phenoxy) is 1. The molecule has 0 aliphatic rings. The molecule has 1 aromatic carbocycles. The highest BCUT2D eigenvalue weighted by atomic mass is 32.1. The minimum Gasteiger partial charge on any atom is -0.478 e. The molecule has 0 radical (unpaired) electrons. The first-order chi connectivity index (χ1) is 18.2. The van der Waals surface area contributed by atoms with Gasteiger partial charge in [0.1, 0.15) is 18.0 Å². The molecule has 0 unspecified atom stereocenters. The van der Waals surface area contributed by atoms with E-state index in [2.05, 4.69) is 5.32 Å². The van der Waals surface area contributed by atoms with E-state index in [1.54, 1.807) is 65.8 Å². The largest absolute Gasteiger partial charge is 0.478 e. The van der Waals surface area contributed by atoms with Crippen molar-refractivity contribution in [3.8, 4) is 16.9 Å². The Morgan fingerprint density at radius 1 is 0.692 bits per heavy atom. The van der Waals surface area contributed by atoms with Gasteiger partial charge in [-0.2, -0.15) is 11.3 Å². The molecule has 0 aliphatic carbocycles. The number of carbonyl (C=O) groups is 4. The molecule has 2 rings (SSSR count). The van der Waals surface area contributed by atoms with E-state index in [1.165, 1.54) is 11.3 Å². The normalized spacial score (nSPS) is 16.1. The summed E-state index contributed by atoms with van der Waals surface area (Å²) < 4.78 is 5.67. The Balaban J connectivity index is 2.25. The van der Waals surface area contributed by atoms with E-state index in [4.69, 9.17) is 4.74 Å². The lowest BCUT2D eigenvalue weighted by molar-refractivity contribution is -0.156. The monoisotopic (exact) mass is 562 g/mol. The maximum Gasteiger partial charge on any atom is 0.270 e. The number of hydrogen-bond donors (Lipinski definition) is 5. The SMILES string of the molecule is CC(C)[C@H](C)C(=O)NC(=O)[C@H](O)[C@H](O)[C@@H](O)[C@@H](Oc1ccc(-c2ccsc2)cc1)C(=O)NC(=O)[C@@H](C)C(C)C. The van der Waals surface area contributed by atoms with Crippen molar-refractivity contribution in [2.75, 3.05) is 0 Å². The number of aliphatic hydroxyl groups is 3. The Labute approximate surface area is 232 Å². The van der Waals surface area contributed by atoms with Crippen LogP contribution < -0.4 is 15.4 Å². The van der Waals surface area contributed by atoms with E-state index in [9.17, 15) is 34.5 Å². The summed E-state index contributed by atoms with van der Waals surface area (Å²) in [5, 5.41) is 39.9. The lowest BCUT2D eigenvalue weighted by Gasteiger charge is -2.29. The summed E-state index contributed by atoms with van der Waals surface area (Å²) in [7, 11) is 0. The van der Waals surface area contributed by atoms with Gasteiger partial charge in [-0.1, -0.05) is 53.7 Å². The molecular formula is C28H38N2O8S. The lowest BCUT2D eigenvalue weighted by Crippen LogP contribution is -2.58. The average molecular weight is 563 g/mol. The van der Waals surface area contributed by atoms with Gasteiger partial charge in [0.15, 0.2) is 6.10 Å². The number of nitrogens with one attached hydrogen (secondary N) is 2. The molecule has 1 aromatic heterocycles. The molecule has 0 saturated carbocycles. The molecule has 10 nitrogen and oxygen atoms in total. The minimum absolute atomic E-state index is 0.0892. The topological polar surface area (TPSA) is 162 Å². The van der Waals surface area contributed by atoms with Crippen LogP contribution in [-0.4, -0.2) is 63.4 Å². The number of aliphatic hydroxyl groups excluding tert-OH is 3. The maximum atomic E-state index is 13.1. The first kappa shape index (κ1) is 32.1. The van der Waals surface area contributed by atoms with Gasteiger partial charge in [0.2, 0.25) is 17.9 Å². The highest BCUT2D eigenvalue weighted by Gasteiger charge is 2.41. The summed E-state index contributed by atoms with van der Waals surface area (Å²) >= 11 is 1.53. The van der Waals surface area contributed by atoms with Crippen LogP contribution in [0.2, 0.25) is 0 Å². The average Bonchev–Trinajstić information content (AvgIpc) is 3.44. The summed E-state index contributed by atoms with van der Waals surface area (Å²) in [6.07, 6.45) is -8.54. The van der Waals surface area contributed by atoms with Gasteiger partial charge in [-0.25, -0.2) is 0 Å². The van der Waals surface area contributed by atoms with Crippen LogP contribution in [0.1, 0.15) is 41.5 Å². The molecule has 0 spiro atoms.